The first-order chi connectivity index (χ1) is 14.2. The summed E-state index contributed by atoms with van der Waals surface area (Å²) in [6.45, 7) is 3.89. The SMILES string of the molecule is CC1CN(S(=O)(=O)c2cc(C(=O)OCc3ccccc3C#N)ccc2Cl)CC(C)O1. The van der Waals surface area contributed by atoms with Gasteiger partial charge in [-0.15, -0.1) is 0 Å². The first-order valence-electron chi connectivity index (χ1n) is 9.32. The van der Waals surface area contributed by atoms with Crippen molar-refractivity contribution >= 4 is 27.6 Å². The Morgan fingerprint density at radius 3 is 2.57 bits per heavy atom. The van der Waals surface area contributed by atoms with Crippen LogP contribution in [-0.2, 0) is 26.1 Å². The number of nitrogens with zero attached hydrogens (tertiary/aromatic N) is 2. The number of hydrogen-bond donors (Lipinski definition) is 0. The van der Waals surface area contributed by atoms with Crippen LogP contribution in [0.2, 0.25) is 5.02 Å². The molecule has 7 nitrogen and oxygen atoms in total. The molecule has 1 aliphatic rings. The molecule has 0 aromatic heterocycles. The third kappa shape index (κ3) is 4.82. The van der Waals surface area contributed by atoms with Crippen LogP contribution >= 0.6 is 11.6 Å². The van der Waals surface area contributed by atoms with Crippen LogP contribution in [0.1, 0.15) is 35.3 Å². The maximum Gasteiger partial charge on any atom is 0.338 e. The van der Waals surface area contributed by atoms with Crippen LogP contribution in [0.4, 0.5) is 0 Å². The lowest BCUT2D eigenvalue weighted by Crippen LogP contribution is -2.48. The molecule has 1 fully saturated rings. The van der Waals surface area contributed by atoms with Gasteiger partial charge in [-0.2, -0.15) is 9.57 Å². The molecule has 158 valence electrons. The Labute approximate surface area is 180 Å². The molecule has 1 saturated heterocycles. The molecule has 2 atom stereocenters. The van der Waals surface area contributed by atoms with Crippen LogP contribution in [0.15, 0.2) is 47.4 Å². The van der Waals surface area contributed by atoms with E-state index in [-0.39, 0.29) is 47.4 Å². The van der Waals surface area contributed by atoms with Crippen molar-refractivity contribution in [2.75, 3.05) is 13.1 Å². The van der Waals surface area contributed by atoms with E-state index in [1.807, 2.05) is 6.07 Å². The summed E-state index contributed by atoms with van der Waals surface area (Å²) >= 11 is 6.16. The molecule has 0 amide bonds. The van der Waals surface area contributed by atoms with E-state index in [9.17, 15) is 13.2 Å². The molecular weight excluding hydrogens is 428 g/mol. The quantitative estimate of drug-likeness (QED) is 0.650. The van der Waals surface area contributed by atoms with Gasteiger partial charge in [0.1, 0.15) is 11.5 Å². The van der Waals surface area contributed by atoms with Crippen LogP contribution in [-0.4, -0.2) is 44.0 Å². The fraction of sp³-hybridized carbons (Fsp3) is 0.333. The maximum atomic E-state index is 13.1. The van der Waals surface area contributed by atoms with Gasteiger partial charge in [0.2, 0.25) is 10.0 Å². The smallest absolute Gasteiger partial charge is 0.338 e. The number of halogens is 1. The predicted molar refractivity (Wildman–Crippen MR) is 110 cm³/mol. The normalized spacial score (nSPS) is 19.8. The predicted octanol–water partition coefficient (Wildman–Crippen LogP) is 3.37. The summed E-state index contributed by atoms with van der Waals surface area (Å²) in [6.07, 6.45) is -0.508. The van der Waals surface area contributed by atoms with Crippen molar-refractivity contribution in [2.24, 2.45) is 0 Å². The summed E-state index contributed by atoms with van der Waals surface area (Å²) in [5, 5.41) is 9.15. The highest BCUT2D eigenvalue weighted by Crippen LogP contribution is 2.28. The summed E-state index contributed by atoms with van der Waals surface area (Å²) in [4.78, 5) is 12.4. The summed E-state index contributed by atoms with van der Waals surface area (Å²) in [6, 6.07) is 12.8. The van der Waals surface area contributed by atoms with E-state index < -0.39 is 16.0 Å². The number of ether oxygens (including phenoxy) is 2. The zero-order chi connectivity index (χ0) is 21.9. The van der Waals surface area contributed by atoms with Crippen LogP contribution < -0.4 is 0 Å². The number of esters is 1. The van der Waals surface area contributed by atoms with Gasteiger partial charge in [0.25, 0.3) is 0 Å². The Bertz CT molecular complexity index is 1090. The van der Waals surface area contributed by atoms with Crippen LogP contribution in [0.3, 0.4) is 0 Å². The van der Waals surface area contributed by atoms with Gasteiger partial charge in [-0.05, 0) is 38.1 Å². The van der Waals surface area contributed by atoms with Gasteiger partial charge in [0, 0.05) is 18.7 Å². The second-order valence-corrected chi connectivity index (χ2v) is 9.38. The minimum absolute atomic E-state index is 0.0215. The number of sulfonamides is 1. The largest absolute Gasteiger partial charge is 0.457 e. The standard InChI is InChI=1S/C21H21ClN2O5S/c1-14-11-24(12-15(2)29-14)30(26,27)20-9-16(7-8-19(20)22)21(25)28-13-18-6-4-3-5-17(18)10-23/h3-9,14-15H,11-13H2,1-2H3. The Kier molecular flexibility index (Phi) is 6.78. The molecule has 1 heterocycles. The number of rotatable bonds is 5. The topological polar surface area (TPSA) is 96.7 Å². The minimum Gasteiger partial charge on any atom is -0.457 e. The van der Waals surface area contributed by atoms with Crippen molar-refractivity contribution in [1.29, 1.82) is 5.26 Å². The molecule has 30 heavy (non-hydrogen) atoms. The van der Waals surface area contributed by atoms with E-state index >= 15 is 0 Å². The van der Waals surface area contributed by atoms with E-state index in [0.717, 1.165) is 0 Å². The molecule has 2 aromatic rings. The van der Waals surface area contributed by atoms with Gasteiger partial charge < -0.3 is 9.47 Å². The first-order valence-corrected chi connectivity index (χ1v) is 11.1. The van der Waals surface area contributed by atoms with Gasteiger partial charge in [0.15, 0.2) is 0 Å². The fourth-order valence-electron chi connectivity index (χ4n) is 3.28. The number of benzene rings is 2. The molecule has 0 saturated carbocycles. The fourth-order valence-corrected chi connectivity index (χ4v) is 5.37. The highest BCUT2D eigenvalue weighted by Gasteiger charge is 2.34. The number of hydrogen-bond acceptors (Lipinski definition) is 6. The lowest BCUT2D eigenvalue weighted by Gasteiger charge is -2.34. The summed E-state index contributed by atoms with van der Waals surface area (Å²) in [5.41, 5.74) is 1.02. The second kappa shape index (κ2) is 9.14. The summed E-state index contributed by atoms with van der Waals surface area (Å²) in [7, 11) is -3.92. The molecule has 1 aliphatic heterocycles. The average molecular weight is 449 g/mol. The van der Waals surface area contributed by atoms with E-state index in [0.29, 0.717) is 11.1 Å². The average Bonchev–Trinajstić information content (AvgIpc) is 2.71. The third-order valence-electron chi connectivity index (χ3n) is 4.67. The molecule has 0 spiro atoms. The minimum atomic E-state index is -3.92. The molecule has 3 rings (SSSR count). The maximum absolute atomic E-state index is 13.1. The zero-order valence-electron chi connectivity index (χ0n) is 16.5. The highest BCUT2D eigenvalue weighted by atomic mass is 35.5. The summed E-state index contributed by atoms with van der Waals surface area (Å²) < 4.78 is 38.5. The lowest BCUT2D eigenvalue weighted by molar-refractivity contribution is -0.0440. The van der Waals surface area contributed by atoms with E-state index in [2.05, 4.69) is 0 Å². The lowest BCUT2D eigenvalue weighted by atomic mass is 10.1. The van der Waals surface area contributed by atoms with Crippen molar-refractivity contribution in [3.63, 3.8) is 0 Å². The molecule has 2 unspecified atom stereocenters. The van der Waals surface area contributed by atoms with Crippen molar-refractivity contribution in [3.8, 4) is 6.07 Å². The Morgan fingerprint density at radius 2 is 1.90 bits per heavy atom. The van der Waals surface area contributed by atoms with Crippen molar-refractivity contribution < 1.29 is 22.7 Å². The molecule has 0 N–H and O–H groups in total. The van der Waals surface area contributed by atoms with Crippen LogP contribution in [0, 0.1) is 11.3 Å². The van der Waals surface area contributed by atoms with Crippen molar-refractivity contribution in [2.45, 2.75) is 37.6 Å². The van der Waals surface area contributed by atoms with Crippen LogP contribution in [0.5, 0.6) is 0 Å². The van der Waals surface area contributed by atoms with Gasteiger partial charge in [0.05, 0.1) is 34.4 Å². The Hall–Kier alpha value is -2.44. The van der Waals surface area contributed by atoms with Gasteiger partial charge in [-0.3, -0.25) is 0 Å². The summed E-state index contributed by atoms with van der Waals surface area (Å²) in [5.74, 6) is -0.709. The number of carbonyl (C=O) groups is 1. The van der Waals surface area contributed by atoms with Gasteiger partial charge >= 0.3 is 5.97 Å². The molecule has 0 radical (unpaired) electrons. The third-order valence-corrected chi connectivity index (χ3v) is 6.98. The monoisotopic (exact) mass is 448 g/mol. The van der Waals surface area contributed by atoms with Gasteiger partial charge in [-0.25, -0.2) is 13.2 Å². The number of nitriles is 1. The van der Waals surface area contributed by atoms with Crippen molar-refractivity contribution in [1.82, 2.24) is 4.31 Å². The van der Waals surface area contributed by atoms with Crippen LogP contribution in [0.25, 0.3) is 0 Å². The highest BCUT2D eigenvalue weighted by molar-refractivity contribution is 7.89. The second-order valence-electron chi connectivity index (χ2n) is 7.07. The zero-order valence-corrected chi connectivity index (χ0v) is 18.1. The van der Waals surface area contributed by atoms with E-state index in [1.54, 1.807) is 38.1 Å². The van der Waals surface area contributed by atoms with E-state index in [4.69, 9.17) is 26.3 Å². The molecule has 0 aliphatic carbocycles. The Balaban J connectivity index is 1.82. The molecule has 0 bridgehead atoms. The number of morpholine rings is 1. The first kappa shape index (κ1) is 22.2. The van der Waals surface area contributed by atoms with Gasteiger partial charge in [-0.1, -0.05) is 29.8 Å². The number of carbonyl (C=O) groups excluding carboxylic acids is 1. The Morgan fingerprint density at radius 1 is 1.23 bits per heavy atom. The van der Waals surface area contributed by atoms with E-state index in [1.165, 1.54) is 22.5 Å². The molecular formula is C21H21ClN2O5S. The molecule has 9 heteroatoms. The van der Waals surface area contributed by atoms with Crippen molar-refractivity contribution in [3.05, 3.63) is 64.2 Å². The molecule has 2 aromatic carbocycles.